The van der Waals surface area contributed by atoms with Gasteiger partial charge in [0.15, 0.2) is 0 Å². The number of pyridine rings is 2. The van der Waals surface area contributed by atoms with Gasteiger partial charge in [-0.1, -0.05) is 171 Å². The number of hydrogen-bond donors (Lipinski definition) is 0. The molecule has 5 aliphatic heterocycles. The van der Waals surface area contributed by atoms with Gasteiger partial charge in [-0.3, -0.25) is 9.80 Å². The summed E-state index contributed by atoms with van der Waals surface area (Å²) < 4.78 is 0. The summed E-state index contributed by atoms with van der Waals surface area (Å²) in [6, 6.07) is 40.3. The monoisotopic (exact) mass is 894 g/mol. The summed E-state index contributed by atoms with van der Waals surface area (Å²) in [5, 5.41) is 0. The van der Waals surface area contributed by atoms with E-state index >= 15 is 0 Å². The van der Waals surface area contributed by atoms with Crippen molar-refractivity contribution in [2.75, 3.05) is 14.7 Å². The molecule has 2 aromatic heterocycles. The Hall–Kier alpha value is -6.20. The van der Waals surface area contributed by atoms with E-state index in [4.69, 9.17) is 9.97 Å². The molecule has 5 aromatic carbocycles. The molecule has 7 aromatic rings. The third-order valence-corrected chi connectivity index (χ3v) is 17.4. The number of benzene rings is 5. The van der Waals surface area contributed by atoms with E-state index in [1.807, 2.05) is 12.4 Å². The SMILES string of the molecule is CC(C)(C)c1cc2c3c(c1)C(C)(C)c1cccnc1N3c1cc(N3c4ccccc4C(C)(C)c4cc5c(cc43)N3c4ncccc4C(C)(C)c4cc(C(C)(C)C)cc(c43)C5(C)C)ccc1C2(C)C. The van der Waals surface area contributed by atoms with Gasteiger partial charge in [-0.05, 0) is 109 Å². The smallest absolute Gasteiger partial charge is 0.141 e. The number of nitrogens with zero attached hydrogens (tertiary/aromatic N) is 5. The van der Waals surface area contributed by atoms with Gasteiger partial charge in [0.2, 0.25) is 0 Å². The molecule has 5 nitrogen and oxygen atoms in total. The summed E-state index contributed by atoms with van der Waals surface area (Å²) in [6.45, 7) is 38.2. The summed E-state index contributed by atoms with van der Waals surface area (Å²) >= 11 is 0. The van der Waals surface area contributed by atoms with E-state index in [9.17, 15) is 0 Å². The minimum atomic E-state index is -0.301. The normalized spacial score (nSPS) is 18.8. The number of rotatable bonds is 1. The van der Waals surface area contributed by atoms with Crippen LogP contribution < -0.4 is 14.7 Å². The van der Waals surface area contributed by atoms with Gasteiger partial charge in [-0.2, -0.15) is 0 Å². The van der Waals surface area contributed by atoms with Gasteiger partial charge in [-0.25, -0.2) is 9.97 Å². The average Bonchev–Trinajstić information content (AvgIpc) is 3.27. The second kappa shape index (κ2) is 13.1. The van der Waals surface area contributed by atoms with E-state index in [2.05, 4.69) is 229 Å². The molecule has 0 radical (unpaired) electrons. The average molecular weight is 894 g/mol. The first-order valence-corrected chi connectivity index (χ1v) is 24.9. The minimum absolute atomic E-state index is 0.0132. The Morgan fingerprint density at radius 2 is 0.721 bits per heavy atom. The Morgan fingerprint density at radius 3 is 1.21 bits per heavy atom. The quantitative estimate of drug-likeness (QED) is 0.164. The zero-order valence-electron chi connectivity index (χ0n) is 43.2. The zero-order chi connectivity index (χ0) is 48.2. The van der Waals surface area contributed by atoms with Gasteiger partial charge in [0.1, 0.15) is 11.6 Å². The fourth-order valence-electron chi connectivity index (χ4n) is 13.0. The fraction of sp³-hybridized carbons (Fsp3) is 0.365. The topological polar surface area (TPSA) is 35.5 Å². The molecular formula is C63H67N5. The highest BCUT2D eigenvalue weighted by atomic mass is 15.2. The number of fused-ring (bicyclic) bond motifs is 10. The van der Waals surface area contributed by atoms with Crippen LogP contribution in [0.15, 0.2) is 116 Å². The Labute approximate surface area is 405 Å². The van der Waals surface area contributed by atoms with Gasteiger partial charge >= 0.3 is 0 Å². The maximum atomic E-state index is 5.27. The molecule has 0 saturated heterocycles. The van der Waals surface area contributed by atoms with Gasteiger partial charge in [0.25, 0.3) is 0 Å². The van der Waals surface area contributed by atoms with Crippen LogP contribution in [0, 0.1) is 0 Å². The molecule has 0 saturated carbocycles. The maximum Gasteiger partial charge on any atom is 0.141 e. The molecule has 68 heavy (non-hydrogen) atoms. The van der Waals surface area contributed by atoms with Crippen LogP contribution in [0.4, 0.5) is 51.4 Å². The van der Waals surface area contributed by atoms with E-state index in [-0.39, 0.29) is 37.9 Å². The third-order valence-electron chi connectivity index (χ3n) is 17.4. The Bertz CT molecular complexity index is 3350. The summed E-state index contributed by atoms with van der Waals surface area (Å²) in [5.41, 5.74) is 23.1. The van der Waals surface area contributed by atoms with E-state index in [0.29, 0.717) is 0 Å². The van der Waals surface area contributed by atoms with E-state index < -0.39 is 0 Å². The van der Waals surface area contributed by atoms with Crippen molar-refractivity contribution in [3.05, 3.63) is 182 Å². The van der Waals surface area contributed by atoms with Gasteiger partial charge in [0.05, 0.1) is 34.1 Å². The van der Waals surface area contributed by atoms with Crippen LogP contribution >= 0.6 is 0 Å². The molecule has 5 heteroatoms. The van der Waals surface area contributed by atoms with Gasteiger partial charge in [0, 0.05) is 56.3 Å². The zero-order valence-corrected chi connectivity index (χ0v) is 43.2. The predicted molar refractivity (Wildman–Crippen MR) is 284 cm³/mol. The highest BCUT2D eigenvalue weighted by Gasteiger charge is 2.51. The molecule has 0 unspecified atom stereocenters. The van der Waals surface area contributed by atoms with Crippen molar-refractivity contribution in [1.29, 1.82) is 0 Å². The van der Waals surface area contributed by atoms with Crippen molar-refractivity contribution in [2.24, 2.45) is 0 Å². The largest absolute Gasteiger partial charge is 0.310 e. The van der Waals surface area contributed by atoms with Crippen molar-refractivity contribution in [1.82, 2.24) is 9.97 Å². The van der Waals surface area contributed by atoms with Crippen molar-refractivity contribution in [3.8, 4) is 0 Å². The predicted octanol–water partition coefficient (Wildman–Crippen LogP) is 16.7. The van der Waals surface area contributed by atoms with E-state index in [0.717, 1.165) is 17.3 Å². The molecule has 344 valence electrons. The molecule has 0 bridgehead atoms. The second-order valence-corrected chi connectivity index (χ2v) is 25.3. The molecule has 7 heterocycles. The number of hydrogen-bond acceptors (Lipinski definition) is 5. The fourth-order valence-corrected chi connectivity index (χ4v) is 13.0. The van der Waals surface area contributed by atoms with Crippen LogP contribution in [-0.4, -0.2) is 9.97 Å². The van der Waals surface area contributed by atoms with Crippen LogP contribution in [0.25, 0.3) is 0 Å². The molecule has 0 fully saturated rings. The number of para-hydroxylation sites is 1. The second-order valence-electron chi connectivity index (χ2n) is 25.3. The van der Waals surface area contributed by atoms with E-state index in [1.54, 1.807) is 0 Å². The third kappa shape index (κ3) is 5.39. The van der Waals surface area contributed by atoms with Crippen molar-refractivity contribution < 1.29 is 0 Å². The molecule has 0 atom stereocenters. The molecular weight excluding hydrogens is 827 g/mol. The van der Waals surface area contributed by atoms with Gasteiger partial charge < -0.3 is 4.90 Å². The van der Waals surface area contributed by atoms with Crippen LogP contribution in [0.1, 0.15) is 178 Å². The molecule has 0 N–H and O–H groups in total. The van der Waals surface area contributed by atoms with E-state index in [1.165, 1.54) is 101 Å². The molecule has 0 spiro atoms. The van der Waals surface area contributed by atoms with Crippen LogP contribution in [0.5, 0.6) is 0 Å². The van der Waals surface area contributed by atoms with Crippen LogP contribution in [0.3, 0.4) is 0 Å². The van der Waals surface area contributed by atoms with Crippen LogP contribution in [0.2, 0.25) is 0 Å². The van der Waals surface area contributed by atoms with Crippen LogP contribution in [-0.2, 0) is 37.9 Å². The summed E-state index contributed by atoms with van der Waals surface area (Å²) in [5.74, 6) is 2.04. The summed E-state index contributed by atoms with van der Waals surface area (Å²) in [4.78, 5) is 18.1. The first kappa shape index (κ1) is 43.1. The van der Waals surface area contributed by atoms with Gasteiger partial charge in [-0.15, -0.1) is 0 Å². The van der Waals surface area contributed by atoms with Crippen molar-refractivity contribution in [3.63, 3.8) is 0 Å². The standard InChI is InChI=1S/C63H67N5/c1-57(2,3)36-29-45-53-46(30-36)61(11,12)41-22-19-27-64-55(41)67(53)50-33-38(25-26-40(50)60(45,9)10)66-49-24-18-17-21-39(49)59(7,8)43-34-44-52(35-51(43)66)68-54-47(62(13,14)42-23-20-28-65-56(42)68)31-37(58(4,5)6)32-48(54)63(44,15)16/h17-35H,1-16H3. The Kier molecular flexibility index (Phi) is 8.31. The molecule has 0 amide bonds. The molecule has 5 aliphatic rings. The lowest BCUT2D eigenvalue weighted by Crippen LogP contribution is -2.40. The first-order valence-electron chi connectivity index (χ1n) is 24.9. The first-order chi connectivity index (χ1) is 31.8. The summed E-state index contributed by atoms with van der Waals surface area (Å²) in [7, 11) is 0. The summed E-state index contributed by atoms with van der Waals surface area (Å²) in [6.07, 6.45) is 3.95. The minimum Gasteiger partial charge on any atom is -0.310 e. The molecule has 0 aliphatic carbocycles. The highest BCUT2D eigenvalue weighted by Crippen LogP contribution is 2.65. The number of anilines is 9. The lowest BCUT2D eigenvalue weighted by atomic mass is 9.64. The Morgan fingerprint density at radius 1 is 0.338 bits per heavy atom. The Balaban J connectivity index is 1.14. The highest BCUT2D eigenvalue weighted by molar-refractivity contribution is 5.98. The number of aromatic nitrogens is 2. The lowest BCUT2D eigenvalue weighted by Gasteiger charge is -2.51. The maximum absolute atomic E-state index is 5.27. The van der Waals surface area contributed by atoms with Crippen molar-refractivity contribution >= 4 is 51.4 Å². The van der Waals surface area contributed by atoms with Crippen molar-refractivity contribution in [2.45, 2.75) is 149 Å². The lowest BCUT2D eigenvalue weighted by molar-refractivity contribution is 0.560. The molecule has 12 rings (SSSR count).